The number of hydrogen-bond donors (Lipinski definition) is 1. The van der Waals surface area contributed by atoms with Gasteiger partial charge in [0.15, 0.2) is 0 Å². The third kappa shape index (κ3) is 3.00. The summed E-state index contributed by atoms with van der Waals surface area (Å²) in [4.78, 5) is 0. The Balaban J connectivity index is 2.32. The molecule has 1 atom stereocenters. The van der Waals surface area contributed by atoms with Crippen molar-refractivity contribution in [2.75, 3.05) is 0 Å². The number of benzene rings is 1. The molecule has 0 bridgehead atoms. The summed E-state index contributed by atoms with van der Waals surface area (Å²) in [6, 6.07) is 5.64. The Morgan fingerprint density at radius 1 is 1.30 bits per heavy atom. The first kappa shape index (κ1) is 15.4. The van der Waals surface area contributed by atoms with E-state index in [1.807, 2.05) is 43.7 Å². The van der Waals surface area contributed by atoms with Crippen molar-refractivity contribution in [2.24, 2.45) is 5.73 Å². The van der Waals surface area contributed by atoms with E-state index >= 15 is 0 Å². The van der Waals surface area contributed by atoms with Crippen molar-refractivity contribution in [3.8, 4) is 0 Å². The zero-order chi connectivity index (χ0) is 14.9. The van der Waals surface area contributed by atoms with Crippen LogP contribution in [0.3, 0.4) is 0 Å². The van der Waals surface area contributed by atoms with Gasteiger partial charge in [0.05, 0.1) is 16.4 Å². The van der Waals surface area contributed by atoms with Crippen LogP contribution in [0.5, 0.6) is 0 Å². The van der Waals surface area contributed by atoms with Gasteiger partial charge in [-0.15, -0.1) is 0 Å². The van der Waals surface area contributed by atoms with Crippen LogP contribution in [-0.4, -0.2) is 9.78 Å². The topological polar surface area (TPSA) is 43.8 Å². The second-order valence-electron chi connectivity index (χ2n) is 4.97. The van der Waals surface area contributed by atoms with Crippen molar-refractivity contribution in [1.82, 2.24) is 9.78 Å². The fourth-order valence-corrected chi connectivity index (χ4v) is 2.79. The summed E-state index contributed by atoms with van der Waals surface area (Å²) < 4.78 is 1.91. The molecule has 20 heavy (non-hydrogen) atoms. The SMILES string of the molecule is CCn1nc(C)c(Cl)c1CC(N)c1cc(Cl)ccc1C. The van der Waals surface area contributed by atoms with Gasteiger partial charge in [0.25, 0.3) is 0 Å². The predicted molar refractivity (Wildman–Crippen MR) is 84.5 cm³/mol. The van der Waals surface area contributed by atoms with Gasteiger partial charge in [0.1, 0.15) is 0 Å². The summed E-state index contributed by atoms with van der Waals surface area (Å²) >= 11 is 12.4. The summed E-state index contributed by atoms with van der Waals surface area (Å²) in [5.41, 5.74) is 10.4. The molecule has 0 aliphatic heterocycles. The highest BCUT2D eigenvalue weighted by Crippen LogP contribution is 2.27. The van der Waals surface area contributed by atoms with Gasteiger partial charge < -0.3 is 5.73 Å². The maximum absolute atomic E-state index is 6.34. The first-order valence-corrected chi connectivity index (χ1v) is 7.43. The number of nitrogens with two attached hydrogens (primary N) is 1. The first-order valence-electron chi connectivity index (χ1n) is 6.67. The number of nitrogens with zero attached hydrogens (tertiary/aromatic N) is 2. The highest BCUT2D eigenvalue weighted by molar-refractivity contribution is 6.32. The molecular formula is C15H19Cl2N3. The molecule has 1 heterocycles. The highest BCUT2D eigenvalue weighted by atomic mass is 35.5. The minimum Gasteiger partial charge on any atom is -0.324 e. The van der Waals surface area contributed by atoms with Crippen LogP contribution in [0.1, 0.15) is 35.5 Å². The van der Waals surface area contributed by atoms with E-state index in [1.165, 1.54) is 0 Å². The fraction of sp³-hybridized carbons (Fsp3) is 0.400. The van der Waals surface area contributed by atoms with Crippen LogP contribution < -0.4 is 5.73 Å². The van der Waals surface area contributed by atoms with E-state index < -0.39 is 0 Å². The Bertz CT molecular complexity index is 620. The van der Waals surface area contributed by atoms with Crippen LogP contribution in [0.25, 0.3) is 0 Å². The third-order valence-electron chi connectivity index (χ3n) is 3.51. The zero-order valence-electron chi connectivity index (χ0n) is 12.0. The molecule has 2 aromatic rings. The molecule has 1 unspecified atom stereocenters. The van der Waals surface area contributed by atoms with Crippen molar-refractivity contribution >= 4 is 23.2 Å². The van der Waals surface area contributed by atoms with Gasteiger partial charge >= 0.3 is 0 Å². The molecule has 0 saturated heterocycles. The van der Waals surface area contributed by atoms with Crippen LogP contribution in [0, 0.1) is 13.8 Å². The molecule has 2 N–H and O–H groups in total. The number of rotatable bonds is 4. The lowest BCUT2D eigenvalue weighted by molar-refractivity contribution is 0.586. The van der Waals surface area contributed by atoms with Gasteiger partial charge in [-0.2, -0.15) is 5.10 Å². The monoisotopic (exact) mass is 311 g/mol. The molecule has 0 aliphatic rings. The van der Waals surface area contributed by atoms with Crippen molar-refractivity contribution < 1.29 is 0 Å². The lowest BCUT2D eigenvalue weighted by Crippen LogP contribution is -2.17. The van der Waals surface area contributed by atoms with E-state index in [0.29, 0.717) is 16.5 Å². The lowest BCUT2D eigenvalue weighted by atomic mass is 9.98. The fourth-order valence-electron chi connectivity index (χ4n) is 2.39. The number of aromatic nitrogens is 2. The lowest BCUT2D eigenvalue weighted by Gasteiger charge is -2.16. The van der Waals surface area contributed by atoms with E-state index in [2.05, 4.69) is 5.10 Å². The van der Waals surface area contributed by atoms with Crippen molar-refractivity contribution in [1.29, 1.82) is 0 Å². The number of hydrogen-bond acceptors (Lipinski definition) is 2. The highest BCUT2D eigenvalue weighted by Gasteiger charge is 2.18. The van der Waals surface area contributed by atoms with Crippen LogP contribution in [0.4, 0.5) is 0 Å². The second kappa shape index (κ2) is 6.17. The molecular weight excluding hydrogens is 293 g/mol. The molecule has 0 amide bonds. The Morgan fingerprint density at radius 2 is 2.00 bits per heavy atom. The summed E-state index contributed by atoms with van der Waals surface area (Å²) in [5, 5.41) is 5.83. The Hall–Kier alpha value is -1.03. The van der Waals surface area contributed by atoms with Crippen molar-refractivity contribution in [3.63, 3.8) is 0 Å². The summed E-state index contributed by atoms with van der Waals surface area (Å²) in [6.07, 6.45) is 0.648. The van der Waals surface area contributed by atoms with E-state index in [-0.39, 0.29) is 6.04 Å². The molecule has 108 valence electrons. The third-order valence-corrected chi connectivity index (χ3v) is 4.23. The predicted octanol–water partition coefficient (Wildman–Crippen LogP) is 4.07. The minimum absolute atomic E-state index is 0.146. The molecule has 3 nitrogen and oxygen atoms in total. The number of halogens is 2. The minimum atomic E-state index is -0.146. The Labute approximate surface area is 129 Å². The van der Waals surface area contributed by atoms with Gasteiger partial charge in [-0.25, -0.2) is 0 Å². The summed E-state index contributed by atoms with van der Waals surface area (Å²) in [7, 11) is 0. The van der Waals surface area contributed by atoms with Gasteiger partial charge in [-0.3, -0.25) is 4.68 Å². The van der Waals surface area contributed by atoms with Gasteiger partial charge in [0.2, 0.25) is 0 Å². The van der Waals surface area contributed by atoms with Gasteiger partial charge in [-0.05, 0) is 44.0 Å². The summed E-state index contributed by atoms with van der Waals surface area (Å²) in [6.45, 7) is 6.77. The largest absolute Gasteiger partial charge is 0.324 e. The van der Waals surface area contributed by atoms with Crippen LogP contribution in [0.15, 0.2) is 18.2 Å². The second-order valence-corrected chi connectivity index (χ2v) is 5.79. The number of aryl methyl sites for hydroxylation is 3. The molecule has 2 rings (SSSR count). The van der Waals surface area contributed by atoms with E-state index in [0.717, 1.165) is 29.1 Å². The quantitative estimate of drug-likeness (QED) is 0.925. The molecule has 0 radical (unpaired) electrons. The first-order chi connectivity index (χ1) is 9.43. The molecule has 0 saturated carbocycles. The normalized spacial score (nSPS) is 12.7. The molecule has 0 spiro atoms. The molecule has 5 heteroatoms. The zero-order valence-corrected chi connectivity index (χ0v) is 13.5. The maximum atomic E-state index is 6.34. The van der Waals surface area contributed by atoms with E-state index in [4.69, 9.17) is 28.9 Å². The van der Waals surface area contributed by atoms with Crippen molar-refractivity contribution in [2.45, 2.75) is 39.8 Å². The standard InChI is InChI=1S/C15H19Cl2N3/c1-4-20-14(15(17)10(3)19-20)8-13(18)12-7-11(16)6-5-9(12)2/h5-7,13H,4,8,18H2,1-3H3. The maximum Gasteiger partial charge on any atom is 0.0847 e. The van der Waals surface area contributed by atoms with Gasteiger partial charge in [0, 0.05) is 24.0 Å². The Kier molecular flexibility index (Phi) is 4.74. The van der Waals surface area contributed by atoms with E-state index in [1.54, 1.807) is 0 Å². The molecule has 1 aromatic carbocycles. The van der Waals surface area contributed by atoms with Crippen LogP contribution >= 0.6 is 23.2 Å². The average Bonchev–Trinajstić information content (AvgIpc) is 2.69. The molecule has 0 aliphatic carbocycles. The van der Waals surface area contributed by atoms with Crippen LogP contribution in [-0.2, 0) is 13.0 Å². The Morgan fingerprint density at radius 3 is 2.65 bits per heavy atom. The summed E-state index contributed by atoms with van der Waals surface area (Å²) in [5.74, 6) is 0. The average molecular weight is 312 g/mol. The molecule has 0 fully saturated rings. The van der Waals surface area contributed by atoms with E-state index in [9.17, 15) is 0 Å². The smallest absolute Gasteiger partial charge is 0.0847 e. The van der Waals surface area contributed by atoms with Gasteiger partial charge in [-0.1, -0.05) is 29.3 Å². The van der Waals surface area contributed by atoms with Crippen LogP contribution in [0.2, 0.25) is 10.0 Å². The van der Waals surface area contributed by atoms with Crippen molar-refractivity contribution in [3.05, 3.63) is 50.8 Å². The molecule has 1 aromatic heterocycles.